The predicted molar refractivity (Wildman–Crippen MR) is 84.4 cm³/mol. The maximum absolute atomic E-state index is 5.35. The molecule has 0 radical (unpaired) electrons. The lowest BCUT2D eigenvalue weighted by atomic mass is 10.2. The van der Waals surface area contributed by atoms with Crippen LogP contribution in [0.1, 0.15) is 0 Å². The fraction of sp³-hybridized carbons (Fsp3) is 0.538. The quantitative estimate of drug-likeness (QED) is 0.743. The predicted octanol–water partition coefficient (Wildman–Crippen LogP) is 2.16. The highest BCUT2D eigenvalue weighted by Crippen LogP contribution is 2.40. The lowest BCUT2D eigenvalue weighted by molar-refractivity contribution is 0.0398. The summed E-state index contributed by atoms with van der Waals surface area (Å²) in [7, 11) is 0. The number of thiol groups is 1. The molecule has 1 saturated heterocycles. The van der Waals surface area contributed by atoms with Crippen LogP contribution < -0.4 is 10.6 Å². The molecule has 2 N–H and O–H groups in total. The molecule has 0 spiro atoms. The summed E-state index contributed by atoms with van der Waals surface area (Å²) < 4.78 is 5.52. The highest BCUT2D eigenvalue weighted by molar-refractivity contribution is 8.10. The average Bonchev–Trinajstić information content (AvgIpc) is 2.79. The molecule has 6 heteroatoms. The van der Waals surface area contributed by atoms with Crippen molar-refractivity contribution in [1.82, 2.24) is 4.90 Å². The fourth-order valence-corrected chi connectivity index (χ4v) is 3.67. The molecule has 1 aromatic rings. The average molecular weight is 297 g/mol. The molecule has 4 nitrogen and oxygen atoms in total. The first-order chi connectivity index (χ1) is 9.31. The SMILES string of the molecule is SC1Nc2ccc(NCCN3CCOCC3)cc2S1. The van der Waals surface area contributed by atoms with Gasteiger partial charge in [-0.1, -0.05) is 11.8 Å². The Kier molecular flexibility index (Phi) is 4.42. The molecular formula is C13H19N3OS2. The van der Waals surface area contributed by atoms with E-state index in [9.17, 15) is 0 Å². The summed E-state index contributed by atoms with van der Waals surface area (Å²) in [5, 5.41) is 6.80. The van der Waals surface area contributed by atoms with Crippen molar-refractivity contribution < 1.29 is 4.74 Å². The minimum Gasteiger partial charge on any atom is -0.384 e. The Morgan fingerprint density at radius 1 is 1.42 bits per heavy atom. The number of hydrogen-bond acceptors (Lipinski definition) is 6. The Balaban J connectivity index is 1.49. The molecule has 1 fully saturated rings. The van der Waals surface area contributed by atoms with Gasteiger partial charge in [0.05, 0.1) is 13.2 Å². The van der Waals surface area contributed by atoms with Crippen molar-refractivity contribution in [3.05, 3.63) is 18.2 Å². The van der Waals surface area contributed by atoms with Crippen LogP contribution >= 0.6 is 24.4 Å². The number of fused-ring (bicyclic) bond motifs is 1. The van der Waals surface area contributed by atoms with E-state index in [-0.39, 0.29) is 4.71 Å². The third kappa shape index (κ3) is 3.51. The largest absolute Gasteiger partial charge is 0.384 e. The van der Waals surface area contributed by atoms with Gasteiger partial charge in [0.25, 0.3) is 0 Å². The maximum Gasteiger partial charge on any atom is 0.121 e. The van der Waals surface area contributed by atoms with Gasteiger partial charge in [0, 0.05) is 42.4 Å². The Morgan fingerprint density at radius 2 is 2.26 bits per heavy atom. The summed E-state index contributed by atoms with van der Waals surface area (Å²) in [6.07, 6.45) is 0. The lowest BCUT2D eigenvalue weighted by Crippen LogP contribution is -2.38. The van der Waals surface area contributed by atoms with Crippen LogP contribution in [0, 0.1) is 0 Å². The van der Waals surface area contributed by atoms with Crippen LogP contribution in [0.3, 0.4) is 0 Å². The zero-order valence-electron chi connectivity index (χ0n) is 10.8. The van der Waals surface area contributed by atoms with Gasteiger partial charge >= 0.3 is 0 Å². The van der Waals surface area contributed by atoms with Crippen molar-refractivity contribution in [3.63, 3.8) is 0 Å². The molecule has 0 aliphatic carbocycles. The highest BCUT2D eigenvalue weighted by atomic mass is 32.2. The molecule has 0 bridgehead atoms. The molecule has 19 heavy (non-hydrogen) atoms. The molecule has 1 unspecified atom stereocenters. The van der Waals surface area contributed by atoms with E-state index in [2.05, 4.69) is 46.4 Å². The summed E-state index contributed by atoms with van der Waals surface area (Å²) in [6, 6.07) is 6.44. The van der Waals surface area contributed by atoms with Gasteiger partial charge in [0.2, 0.25) is 0 Å². The van der Waals surface area contributed by atoms with E-state index in [0.717, 1.165) is 39.4 Å². The van der Waals surface area contributed by atoms with E-state index >= 15 is 0 Å². The molecule has 0 saturated carbocycles. The molecule has 2 heterocycles. The summed E-state index contributed by atoms with van der Waals surface area (Å²) in [4.78, 5) is 3.71. The molecule has 1 aromatic carbocycles. The summed E-state index contributed by atoms with van der Waals surface area (Å²) in [5.41, 5.74) is 2.37. The lowest BCUT2D eigenvalue weighted by Gasteiger charge is -2.26. The number of hydrogen-bond donors (Lipinski definition) is 3. The molecule has 1 atom stereocenters. The van der Waals surface area contributed by atoms with E-state index in [0.29, 0.717) is 0 Å². The van der Waals surface area contributed by atoms with Gasteiger partial charge in [-0.15, -0.1) is 12.6 Å². The Labute approximate surface area is 123 Å². The van der Waals surface area contributed by atoms with E-state index in [1.807, 2.05) is 0 Å². The first kappa shape index (κ1) is 13.4. The monoisotopic (exact) mass is 297 g/mol. The highest BCUT2D eigenvalue weighted by Gasteiger charge is 2.18. The Bertz CT molecular complexity index is 438. The van der Waals surface area contributed by atoms with Crippen molar-refractivity contribution in [1.29, 1.82) is 0 Å². The molecule has 2 aliphatic rings. The number of anilines is 2. The first-order valence-corrected chi connectivity index (χ1v) is 8.00. The Morgan fingerprint density at radius 3 is 3.11 bits per heavy atom. The van der Waals surface area contributed by atoms with E-state index < -0.39 is 0 Å². The number of thioether (sulfide) groups is 1. The van der Waals surface area contributed by atoms with Crippen LogP contribution in [0.15, 0.2) is 23.1 Å². The van der Waals surface area contributed by atoms with Gasteiger partial charge in [-0.05, 0) is 18.2 Å². The zero-order chi connectivity index (χ0) is 13.1. The van der Waals surface area contributed by atoms with E-state index in [1.165, 1.54) is 16.3 Å². The molecule has 2 aliphatic heterocycles. The van der Waals surface area contributed by atoms with Gasteiger partial charge in [-0.2, -0.15) is 0 Å². The number of benzene rings is 1. The van der Waals surface area contributed by atoms with Crippen LogP contribution in [0.5, 0.6) is 0 Å². The van der Waals surface area contributed by atoms with Crippen LogP contribution in [0.2, 0.25) is 0 Å². The molecule has 104 valence electrons. The van der Waals surface area contributed by atoms with Crippen molar-refractivity contribution >= 4 is 35.8 Å². The van der Waals surface area contributed by atoms with Crippen LogP contribution in [-0.4, -0.2) is 49.0 Å². The van der Waals surface area contributed by atoms with Crippen LogP contribution in [0.25, 0.3) is 0 Å². The molecule has 0 aromatic heterocycles. The van der Waals surface area contributed by atoms with E-state index in [1.54, 1.807) is 11.8 Å². The summed E-state index contributed by atoms with van der Waals surface area (Å²) in [5.74, 6) is 0. The number of nitrogens with one attached hydrogen (secondary N) is 2. The number of nitrogens with zero attached hydrogens (tertiary/aromatic N) is 1. The second-order valence-corrected chi connectivity index (χ2v) is 6.72. The standard InChI is InChI=1S/C13H19N3OS2/c18-13-15-11-2-1-10(9-12(11)19-13)14-3-4-16-5-7-17-8-6-16/h1-2,9,13-15,18H,3-8H2. The molecular weight excluding hydrogens is 278 g/mol. The van der Waals surface area contributed by atoms with Crippen molar-refractivity contribution in [2.45, 2.75) is 9.60 Å². The minimum atomic E-state index is 0.179. The first-order valence-electron chi connectivity index (χ1n) is 6.60. The van der Waals surface area contributed by atoms with E-state index in [4.69, 9.17) is 4.74 Å². The normalized spacial score (nSPS) is 22.9. The van der Waals surface area contributed by atoms with Crippen LogP contribution in [0.4, 0.5) is 11.4 Å². The van der Waals surface area contributed by atoms with Gasteiger partial charge in [0.15, 0.2) is 0 Å². The number of morpholine rings is 1. The second kappa shape index (κ2) is 6.26. The number of rotatable bonds is 4. The zero-order valence-corrected chi connectivity index (χ0v) is 12.5. The molecule has 0 amide bonds. The smallest absolute Gasteiger partial charge is 0.121 e. The summed E-state index contributed by atoms with van der Waals surface area (Å²) in [6.45, 7) is 5.87. The maximum atomic E-state index is 5.35. The summed E-state index contributed by atoms with van der Waals surface area (Å²) >= 11 is 6.18. The third-order valence-corrected chi connectivity index (χ3v) is 4.74. The van der Waals surface area contributed by atoms with Gasteiger partial charge in [-0.25, -0.2) is 0 Å². The van der Waals surface area contributed by atoms with Crippen LogP contribution in [-0.2, 0) is 4.74 Å². The van der Waals surface area contributed by atoms with Gasteiger partial charge in [0.1, 0.15) is 4.71 Å². The topological polar surface area (TPSA) is 36.5 Å². The van der Waals surface area contributed by atoms with Crippen molar-refractivity contribution in [2.24, 2.45) is 0 Å². The second-order valence-electron chi connectivity index (χ2n) is 4.71. The van der Waals surface area contributed by atoms with Gasteiger partial charge in [-0.3, -0.25) is 4.90 Å². The molecule has 3 rings (SSSR count). The third-order valence-electron chi connectivity index (χ3n) is 3.36. The minimum absolute atomic E-state index is 0.179. The van der Waals surface area contributed by atoms with Crippen molar-refractivity contribution in [2.75, 3.05) is 50.0 Å². The fourth-order valence-electron chi connectivity index (χ4n) is 2.31. The Hall–Kier alpha value is -0.560. The number of ether oxygens (including phenoxy) is 1. The van der Waals surface area contributed by atoms with Gasteiger partial charge < -0.3 is 15.4 Å². The van der Waals surface area contributed by atoms with Crippen molar-refractivity contribution in [3.8, 4) is 0 Å².